The van der Waals surface area contributed by atoms with Gasteiger partial charge in [0.25, 0.3) is 0 Å². The van der Waals surface area contributed by atoms with Gasteiger partial charge in [-0.05, 0) is 78.4 Å². The largest absolute Gasteiger partial charge is 0.434 e. The smallest absolute Gasteiger partial charge is 0.320 e. The van der Waals surface area contributed by atoms with Crippen LogP contribution in [0.4, 0.5) is 0 Å². The maximum absolute atomic E-state index is 7.00. The zero-order valence-electron chi connectivity index (χ0n) is 19.0. The van der Waals surface area contributed by atoms with Gasteiger partial charge in [-0.25, -0.2) is 4.74 Å². The summed E-state index contributed by atoms with van der Waals surface area (Å²) >= 11 is 0. The fraction of sp³-hybridized carbons (Fsp3) is 0.600. The molecule has 0 aromatic carbocycles. The fourth-order valence-corrected chi connectivity index (χ4v) is 7.55. The molecule has 3 rings (SSSR count). The maximum Gasteiger partial charge on any atom is 0.320 e. The van der Waals surface area contributed by atoms with Crippen LogP contribution in [0.5, 0.6) is 0 Å². The molecule has 160 valence electrons. The van der Waals surface area contributed by atoms with E-state index in [1.807, 2.05) is 12.2 Å². The summed E-state index contributed by atoms with van der Waals surface area (Å²) < 4.78 is 19.1. The molecule has 0 aromatic heterocycles. The van der Waals surface area contributed by atoms with Gasteiger partial charge in [-0.1, -0.05) is 49.3 Å². The summed E-state index contributed by atoms with van der Waals surface area (Å²) in [5.74, 6) is 1.72. The number of fused-ring (bicyclic) bond motifs is 2. The zero-order valence-corrected chi connectivity index (χ0v) is 19.9. The van der Waals surface area contributed by atoms with Crippen molar-refractivity contribution in [3.05, 3.63) is 59.6 Å². The van der Waals surface area contributed by atoms with Crippen LogP contribution in [0.1, 0.15) is 86.0 Å². The zero-order chi connectivity index (χ0) is 21.3. The standard InChI is InChI=1S/C25H38NO2P/c1-8-9-12-20(3)27-29(25(6,7)16-11-10-15-24(4,5)26-29)28-23-17-19(2)21-13-14-22(23)18-21/h8-9,12H,1,3,10-11,13-18H2,2,4-7H3/b12-9-. The first-order chi connectivity index (χ1) is 13.6. The van der Waals surface area contributed by atoms with Crippen LogP contribution in [0.15, 0.2) is 64.4 Å². The van der Waals surface area contributed by atoms with Crippen LogP contribution >= 0.6 is 7.51 Å². The predicted molar refractivity (Wildman–Crippen MR) is 125 cm³/mol. The van der Waals surface area contributed by atoms with Crippen LogP contribution in [0.25, 0.3) is 0 Å². The third-order valence-corrected chi connectivity index (χ3v) is 9.97. The Kier molecular flexibility index (Phi) is 6.39. The van der Waals surface area contributed by atoms with E-state index in [2.05, 4.69) is 47.8 Å². The van der Waals surface area contributed by atoms with Crippen molar-refractivity contribution in [2.75, 3.05) is 0 Å². The summed E-state index contributed by atoms with van der Waals surface area (Å²) in [6.45, 7) is 19.2. The van der Waals surface area contributed by atoms with Gasteiger partial charge >= 0.3 is 7.51 Å². The van der Waals surface area contributed by atoms with Crippen molar-refractivity contribution >= 4 is 7.51 Å². The summed E-state index contributed by atoms with van der Waals surface area (Å²) in [5, 5.41) is -0.181. The van der Waals surface area contributed by atoms with E-state index in [0.717, 1.165) is 37.9 Å². The Morgan fingerprint density at radius 3 is 2.48 bits per heavy atom. The second kappa shape index (κ2) is 8.34. The SMILES string of the molecule is C=C/C=C\C(=C)OP1(OC2=C3CCC(=C(C)C2)C3)=NC(C)(C)CCCCC1(C)C. The molecule has 3 aliphatic rings. The van der Waals surface area contributed by atoms with E-state index in [-0.39, 0.29) is 10.7 Å². The first-order valence-electron chi connectivity index (χ1n) is 11.0. The molecule has 2 bridgehead atoms. The molecule has 4 heteroatoms. The highest BCUT2D eigenvalue weighted by molar-refractivity contribution is 7.58. The summed E-state index contributed by atoms with van der Waals surface area (Å²) in [7, 11) is -2.65. The molecular formula is C25H38NO2P. The molecule has 0 amide bonds. The fourth-order valence-electron chi connectivity index (χ4n) is 4.55. The topological polar surface area (TPSA) is 30.8 Å². The summed E-state index contributed by atoms with van der Waals surface area (Å²) in [4.78, 5) is 0. The maximum atomic E-state index is 7.00. The average Bonchev–Trinajstić information content (AvgIpc) is 3.06. The first kappa shape index (κ1) is 22.2. The molecule has 29 heavy (non-hydrogen) atoms. The summed E-state index contributed by atoms with van der Waals surface area (Å²) in [6, 6.07) is 0. The highest BCUT2D eigenvalue weighted by atomic mass is 31.2. The number of rotatable bonds is 6. The van der Waals surface area contributed by atoms with Gasteiger partial charge in [-0.15, -0.1) is 0 Å². The normalized spacial score (nSPS) is 28.6. The van der Waals surface area contributed by atoms with E-state index in [4.69, 9.17) is 13.8 Å². The Morgan fingerprint density at radius 2 is 1.76 bits per heavy atom. The minimum absolute atomic E-state index is 0.181. The second-order valence-electron chi connectivity index (χ2n) is 9.96. The molecule has 0 radical (unpaired) electrons. The van der Waals surface area contributed by atoms with Crippen LogP contribution in [0.2, 0.25) is 0 Å². The lowest BCUT2D eigenvalue weighted by Crippen LogP contribution is -2.29. The van der Waals surface area contributed by atoms with Gasteiger partial charge in [-0.3, -0.25) is 0 Å². The van der Waals surface area contributed by atoms with Crippen molar-refractivity contribution in [1.82, 2.24) is 0 Å². The number of nitrogens with zero attached hydrogens (tertiary/aromatic N) is 1. The van der Waals surface area contributed by atoms with Gasteiger partial charge in [0.15, 0.2) is 0 Å². The van der Waals surface area contributed by atoms with Gasteiger partial charge in [0, 0.05) is 6.42 Å². The molecule has 1 unspecified atom stereocenters. The molecule has 1 fully saturated rings. The van der Waals surface area contributed by atoms with Crippen LogP contribution in [-0.2, 0) is 9.05 Å². The van der Waals surface area contributed by atoms with E-state index in [0.29, 0.717) is 5.76 Å². The minimum atomic E-state index is -2.65. The lowest BCUT2D eigenvalue weighted by molar-refractivity contribution is 0.289. The van der Waals surface area contributed by atoms with Gasteiger partial charge in [-0.2, -0.15) is 0 Å². The molecule has 0 saturated heterocycles. The third kappa shape index (κ3) is 4.82. The molecule has 2 aliphatic carbocycles. The summed E-state index contributed by atoms with van der Waals surface area (Å²) in [5.41, 5.74) is 4.34. The van der Waals surface area contributed by atoms with E-state index in [9.17, 15) is 0 Å². The quantitative estimate of drug-likeness (QED) is 0.188. The molecule has 1 aliphatic heterocycles. The lowest BCUT2D eigenvalue weighted by atomic mass is 9.96. The van der Waals surface area contributed by atoms with Crippen LogP contribution < -0.4 is 0 Å². The summed E-state index contributed by atoms with van der Waals surface area (Å²) in [6.07, 6.45) is 14.2. The van der Waals surface area contributed by atoms with Gasteiger partial charge in [0.1, 0.15) is 11.5 Å². The molecule has 3 nitrogen and oxygen atoms in total. The van der Waals surface area contributed by atoms with Crippen LogP contribution in [0, 0.1) is 0 Å². The second-order valence-corrected chi connectivity index (χ2v) is 12.8. The Balaban J connectivity index is 2.10. The molecule has 0 spiro atoms. The molecule has 1 heterocycles. The lowest BCUT2D eigenvalue weighted by Gasteiger charge is -2.43. The van der Waals surface area contributed by atoms with E-state index in [1.54, 1.807) is 11.6 Å². The van der Waals surface area contributed by atoms with Crippen LogP contribution in [0.3, 0.4) is 0 Å². The predicted octanol–water partition coefficient (Wildman–Crippen LogP) is 8.60. The highest BCUT2D eigenvalue weighted by Crippen LogP contribution is 2.69. The molecule has 0 aromatic rings. The van der Waals surface area contributed by atoms with E-state index in [1.165, 1.54) is 30.4 Å². The van der Waals surface area contributed by atoms with Gasteiger partial charge in [0.2, 0.25) is 0 Å². The minimum Gasteiger partial charge on any atom is -0.434 e. The van der Waals surface area contributed by atoms with Crippen molar-refractivity contribution in [3.8, 4) is 0 Å². The highest BCUT2D eigenvalue weighted by Gasteiger charge is 2.47. The van der Waals surface area contributed by atoms with Gasteiger partial charge < -0.3 is 9.05 Å². The van der Waals surface area contributed by atoms with Gasteiger partial charge in [0.05, 0.1) is 10.7 Å². The molecule has 0 N–H and O–H groups in total. The molecular weight excluding hydrogens is 377 g/mol. The number of hydrogen-bond donors (Lipinski definition) is 0. The van der Waals surface area contributed by atoms with Crippen molar-refractivity contribution in [2.24, 2.45) is 4.74 Å². The van der Waals surface area contributed by atoms with Crippen molar-refractivity contribution in [1.29, 1.82) is 0 Å². The van der Waals surface area contributed by atoms with E-state index >= 15 is 0 Å². The van der Waals surface area contributed by atoms with Crippen LogP contribution in [-0.4, -0.2) is 10.7 Å². The monoisotopic (exact) mass is 415 g/mol. The number of hydrogen-bond acceptors (Lipinski definition) is 3. The molecule has 1 atom stereocenters. The van der Waals surface area contributed by atoms with Crippen molar-refractivity contribution in [2.45, 2.75) is 96.7 Å². The van der Waals surface area contributed by atoms with E-state index < -0.39 is 7.51 Å². The van der Waals surface area contributed by atoms with Crippen molar-refractivity contribution in [3.63, 3.8) is 0 Å². The Bertz CT molecular complexity index is 839. The Labute approximate surface area is 177 Å². The number of allylic oxidation sites excluding steroid dienone is 6. The Morgan fingerprint density at radius 1 is 1.07 bits per heavy atom. The Hall–Kier alpha value is -1.47. The van der Waals surface area contributed by atoms with Crippen molar-refractivity contribution < 1.29 is 9.05 Å². The first-order valence-corrected chi connectivity index (χ1v) is 12.5. The molecule has 1 saturated carbocycles. The third-order valence-electron chi connectivity index (χ3n) is 6.47. The average molecular weight is 416 g/mol.